The number of aliphatic hydroxyl groups excluding tert-OH is 1. The molecule has 0 saturated carbocycles. The number of aromatic nitrogens is 1. The predicted molar refractivity (Wildman–Crippen MR) is 116 cm³/mol. The van der Waals surface area contributed by atoms with Crippen LogP contribution < -0.4 is 10.0 Å². The number of nitrogens with zero attached hydrogens (tertiary/aromatic N) is 1. The summed E-state index contributed by atoms with van der Waals surface area (Å²) in [5.74, 6) is 0. The Hall–Kier alpha value is -2.78. The molecular formula is C22H23N3O4S. The molecule has 2 atom stereocenters. The van der Waals surface area contributed by atoms with Gasteiger partial charge in [-0.1, -0.05) is 12.1 Å². The first kappa shape index (κ1) is 20.5. The van der Waals surface area contributed by atoms with Gasteiger partial charge in [0.25, 0.3) is 0 Å². The van der Waals surface area contributed by atoms with Gasteiger partial charge in [0.2, 0.25) is 10.0 Å². The molecule has 2 heterocycles. The van der Waals surface area contributed by atoms with Crippen molar-refractivity contribution in [2.45, 2.75) is 24.0 Å². The van der Waals surface area contributed by atoms with Crippen molar-refractivity contribution < 1.29 is 17.9 Å². The van der Waals surface area contributed by atoms with Crippen molar-refractivity contribution >= 4 is 31.8 Å². The first-order valence-corrected chi connectivity index (χ1v) is 11.1. The third kappa shape index (κ3) is 4.52. The van der Waals surface area contributed by atoms with E-state index in [9.17, 15) is 13.5 Å². The first-order valence-electron chi connectivity index (χ1n) is 9.64. The molecule has 4 aromatic rings. The molecule has 156 valence electrons. The first-order chi connectivity index (χ1) is 14.4. The van der Waals surface area contributed by atoms with Crippen molar-refractivity contribution in [2.24, 2.45) is 0 Å². The van der Waals surface area contributed by atoms with Gasteiger partial charge in [-0.3, -0.25) is 4.98 Å². The Morgan fingerprint density at radius 1 is 1.03 bits per heavy atom. The standard InChI is InChI=1S/C22H23N3O4S/c1-15(12-24-14-21(26)17-3-5-22-18(10-17)7-9-29-22)25-30(27,28)20-4-2-19-13-23-8-6-16(19)11-20/h2-11,13,15,21,24-26H,12,14H2,1H3/t15-,21?/m1/s1. The number of pyridine rings is 1. The quantitative estimate of drug-likeness (QED) is 0.401. The van der Waals surface area contributed by atoms with E-state index in [0.717, 1.165) is 27.3 Å². The second kappa shape index (κ2) is 8.53. The molecule has 30 heavy (non-hydrogen) atoms. The predicted octanol–water partition coefficient (Wildman–Crippen LogP) is 2.97. The van der Waals surface area contributed by atoms with E-state index in [1.54, 1.807) is 49.8 Å². The summed E-state index contributed by atoms with van der Waals surface area (Å²) in [7, 11) is -3.66. The number of aliphatic hydroxyl groups is 1. The van der Waals surface area contributed by atoms with Crippen molar-refractivity contribution in [3.05, 3.63) is 72.8 Å². The van der Waals surface area contributed by atoms with Crippen LogP contribution in [0.5, 0.6) is 0 Å². The van der Waals surface area contributed by atoms with E-state index in [1.807, 2.05) is 24.3 Å². The van der Waals surface area contributed by atoms with Gasteiger partial charge in [-0.2, -0.15) is 0 Å². The molecule has 3 N–H and O–H groups in total. The maximum absolute atomic E-state index is 12.7. The average molecular weight is 426 g/mol. The van der Waals surface area contributed by atoms with Crippen LogP contribution in [0, 0.1) is 0 Å². The van der Waals surface area contributed by atoms with Crippen LogP contribution in [0.1, 0.15) is 18.6 Å². The number of nitrogens with one attached hydrogen (secondary N) is 2. The highest BCUT2D eigenvalue weighted by Gasteiger charge is 2.18. The number of hydrogen-bond acceptors (Lipinski definition) is 6. The Bertz CT molecular complexity index is 1270. The largest absolute Gasteiger partial charge is 0.464 e. The zero-order chi connectivity index (χ0) is 21.1. The lowest BCUT2D eigenvalue weighted by Crippen LogP contribution is -2.40. The second-order valence-electron chi connectivity index (χ2n) is 7.30. The van der Waals surface area contributed by atoms with Crippen LogP contribution in [-0.2, 0) is 10.0 Å². The molecule has 7 nitrogen and oxygen atoms in total. The minimum absolute atomic E-state index is 0.210. The highest BCUT2D eigenvalue weighted by molar-refractivity contribution is 7.89. The summed E-state index contributed by atoms with van der Waals surface area (Å²) in [6.45, 7) is 2.46. The molecule has 0 spiro atoms. The summed E-state index contributed by atoms with van der Waals surface area (Å²) in [5.41, 5.74) is 1.54. The molecule has 0 aliphatic heterocycles. The van der Waals surface area contributed by atoms with Gasteiger partial charge in [0.05, 0.1) is 17.3 Å². The molecule has 0 saturated heterocycles. The van der Waals surface area contributed by atoms with Gasteiger partial charge in [0.1, 0.15) is 5.58 Å². The Morgan fingerprint density at radius 2 is 1.90 bits per heavy atom. The van der Waals surface area contributed by atoms with Gasteiger partial charge >= 0.3 is 0 Å². The molecule has 0 aliphatic carbocycles. The molecule has 1 unspecified atom stereocenters. The maximum Gasteiger partial charge on any atom is 0.240 e. The highest BCUT2D eigenvalue weighted by Crippen LogP contribution is 2.21. The lowest BCUT2D eigenvalue weighted by molar-refractivity contribution is 0.174. The topological polar surface area (TPSA) is 104 Å². The Balaban J connectivity index is 1.33. The van der Waals surface area contributed by atoms with Gasteiger partial charge in [-0.15, -0.1) is 0 Å². The minimum Gasteiger partial charge on any atom is -0.464 e. The molecule has 0 radical (unpaired) electrons. The summed E-state index contributed by atoms with van der Waals surface area (Å²) in [5, 5.41) is 16.2. The number of rotatable bonds is 8. The second-order valence-corrected chi connectivity index (χ2v) is 9.01. The number of fused-ring (bicyclic) bond motifs is 2. The van der Waals surface area contributed by atoms with E-state index in [4.69, 9.17) is 4.42 Å². The van der Waals surface area contributed by atoms with E-state index in [1.165, 1.54) is 0 Å². The molecular weight excluding hydrogens is 402 g/mol. The molecule has 2 aromatic heterocycles. The van der Waals surface area contributed by atoms with Gasteiger partial charge in [0, 0.05) is 42.3 Å². The fraction of sp³-hybridized carbons (Fsp3) is 0.227. The van der Waals surface area contributed by atoms with Crippen molar-refractivity contribution in [3.8, 4) is 0 Å². The van der Waals surface area contributed by atoms with Crippen LogP contribution in [-0.4, -0.2) is 37.6 Å². The minimum atomic E-state index is -3.66. The number of hydrogen-bond donors (Lipinski definition) is 3. The van der Waals surface area contributed by atoms with Crippen LogP contribution in [0.4, 0.5) is 0 Å². The molecule has 0 amide bonds. The molecule has 0 bridgehead atoms. The number of benzene rings is 2. The van der Waals surface area contributed by atoms with Crippen molar-refractivity contribution in [1.29, 1.82) is 0 Å². The summed E-state index contributed by atoms with van der Waals surface area (Å²) in [6.07, 6.45) is 4.23. The van der Waals surface area contributed by atoms with E-state index < -0.39 is 16.1 Å². The summed E-state index contributed by atoms with van der Waals surface area (Å²) in [6, 6.07) is 13.7. The highest BCUT2D eigenvalue weighted by atomic mass is 32.2. The monoisotopic (exact) mass is 425 g/mol. The van der Waals surface area contributed by atoms with Crippen LogP contribution >= 0.6 is 0 Å². The normalized spacial score (nSPS) is 14.2. The van der Waals surface area contributed by atoms with E-state index in [2.05, 4.69) is 15.0 Å². The summed E-state index contributed by atoms with van der Waals surface area (Å²) >= 11 is 0. The third-order valence-corrected chi connectivity index (χ3v) is 6.52. The SMILES string of the molecule is C[C@H](CNCC(O)c1ccc2occc2c1)NS(=O)(=O)c1ccc2cnccc2c1. The Kier molecular flexibility index (Phi) is 5.83. The van der Waals surface area contributed by atoms with E-state index in [-0.39, 0.29) is 10.9 Å². The van der Waals surface area contributed by atoms with Gasteiger partial charge in [0.15, 0.2) is 0 Å². The third-order valence-electron chi connectivity index (χ3n) is 4.93. The lowest BCUT2D eigenvalue weighted by atomic mass is 10.1. The van der Waals surface area contributed by atoms with Crippen molar-refractivity contribution in [1.82, 2.24) is 15.0 Å². The Morgan fingerprint density at radius 3 is 2.77 bits per heavy atom. The maximum atomic E-state index is 12.7. The molecule has 0 aliphatic rings. The zero-order valence-corrected chi connectivity index (χ0v) is 17.3. The summed E-state index contributed by atoms with van der Waals surface area (Å²) < 4.78 is 33.4. The van der Waals surface area contributed by atoms with E-state index >= 15 is 0 Å². The smallest absolute Gasteiger partial charge is 0.240 e. The Labute approximate surface area is 174 Å². The van der Waals surface area contributed by atoms with Crippen LogP contribution in [0.25, 0.3) is 21.7 Å². The van der Waals surface area contributed by atoms with Crippen LogP contribution in [0.3, 0.4) is 0 Å². The number of sulfonamides is 1. The van der Waals surface area contributed by atoms with Crippen LogP contribution in [0.2, 0.25) is 0 Å². The molecule has 4 rings (SSSR count). The lowest BCUT2D eigenvalue weighted by Gasteiger charge is -2.17. The van der Waals surface area contributed by atoms with Gasteiger partial charge in [-0.05, 0) is 54.3 Å². The molecule has 0 fully saturated rings. The van der Waals surface area contributed by atoms with Crippen LogP contribution in [0.15, 0.2) is 76.5 Å². The molecule has 2 aromatic carbocycles. The zero-order valence-electron chi connectivity index (χ0n) is 16.4. The molecule has 8 heteroatoms. The number of furan rings is 1. The average Bonchev–Trinajstić information content (AvgIpc) is 3.20. The van der Waals surface area contributed by atoms with E-state index in [0.29, 0.717) is 13.1 Å². The van der Waals surface area contributed by atoms with Gasteiger partial charge < -0.3 is 14.8 Å². The van der Waals surface area contributed by atoms with Crippen molar-refractivity contribution in [2.75, 3.05) is 13.1 Å². The van der Waals surface area contributed by atoms with Gasteiger partial charge in [-0.25, -0.2) is 13.1 Å². The summed E-state index contributed by atoms with van der Waals surface area (Å²) in [4.78, 5) is 4.25. The fourth-order valence-corrected chi connectivity index (χ4v) is 4.63. The fourth-order valence-electron chi connectivity index (χ4n) is 3.35. The van der Waals surface area contributed by atoms with Crippen molar-refractivity contribution in [3.63, 3.8) is 0 Å².